The van der Waals surface area contributed by atoms with Crippen LogP contribution in [0.25, 0.3) is 0 Å². The highest BCUT2D eigenvalue weighted by atomic mass is 16.7. The first kappa shape index (κ1) is 15.9. The first-order chi connectivity index (χ1) is 10.1. The van der Waals surface area contributed by atoms with Crippen LogP contribution in [-0.4, -0.2) is 30.4 Å². The summed E-state index contributed by atoms with van der Waals surface area (Å²) in [7, 11) is -0.397. The molecule has 120 valence electrons. The van der Waals surface area contributed by atoms with Crippen molar-refractivity contribution in [2.24, 2.45) is 11.8 Å². The van der Waals surface area contributed by atoms with Gasteiger partial charge in [-0.15, -0.1) is 5.73 Å². The number of hydrogen-bond acceptors (Lipinski definition) is 4. The molecule has 5 heteroatoms. The molecule has 0 aromatic heterocycles. The molecule has 1 aliphatic heterocycles. The van der Waals surface area contributed by atoms with Crippen molar-refractivity contribution in [2.75, 3.05) is 0 Å². The van der Waals surface area contributed by atoms with E-state index in [1.165, 1.54) is 0 Å². The normalized spacial score (nSPS) is 29.0. The Morgan fingerprint density at radius 1 is 1.23 bits per heavy atom. The van der Waals surface area contributed by atoms with Crippen LogP contribution in [-0.2, 0) is 18.8 Å². The Labute approximate surface area is 133 Å². The second-order valence-corrected chi connectivity index (χ2v) is 7.85. The molecule has 1 atom stereocenters. The van der Waals surface area contributed by atoms with Crippen LogP contribution in [0.1, 0.15) is 54.4 Å². The highest BCUT2D eigenvalue weighted by molar-refractivity contribution is 6.55. The Hall–Kier alpha value is -1.03. The summed E-state index contributed by atoms with van der Waals surface area (Å²) < 4.78 is 17.5. The predicted molar refractivity (Wildman–Crippen MR) is 84.1 cm³/mol. The zero-order valence-electron chi connectivity index (χ0n) is 14.4. The van der Waals surface area contributed by atoms with Crippen molar-refractivity contribution in [3.8, 4) is 0 Å². The highest BCUT2D eigenvalue weighted by Gasteiger charge is 2.57. The van der Waals surface area contributed by atoms with Gasteiger partial charge in [0, 0.05) is 11.4 Å². The lowest BCUT2D eigenvalue weighted by Crippen LogP contribution is -2.41. The van der Waals surface area contributed by atoms with Crippen molar-refractivity contribution >= 4 is 13.1 Å². The van der Waals surface area contributed by atoms with E-state index in [2.05, 4.69) is 5.73 Å². The van der Waals surface area contributed by atoms with E-state index in [-0.39, 0.29) is 29.2 Å². The third kappa shape index (κ3) is 2.56. The van der Waals surface area contributed by atoms with Gasteiger partial charge in [-0.25, -0.2) is 4.79 Å². The molecule has 3 aliphatic rings. The second-order valence-electron chi connectivity index (χ2n) is 7.85. The molecule has 0 bridgehead atoms. The van der Waals surface area contributed by atoms with Gasteiger partial charge in [0.2, 0.25) is 0 Å². The number of hydrogen-bond donors (Lipinski definition) is 0. The lowest BCUT2D eigenvalue weighted by Gasteiger charge is -2.32. The van der Waals surface area contributed by atoms with Gasteiger partial charge < -0.3 is 14.0 Å². The van der Waals surface area contributed by atoms with Crippen molar-refractivity contribution in [3.63, 3.8) is 0 Å². The lowest BCUT2D eigenvalue weighted by atomic mass is 9.62. The van der Waals surface area contributed by atoms with Crippen LogP contribution in [0.15, 0.2) is 16.8 Å². The van der Waals surface area contributed by atoms with E-state index in [4.69, 9.17) is 14.0 Å². The summed E-state index contributed by atoms with van der Waals surface area (Å²) in [6.07, 6.45) is 2.18. The first-order valence-corrected chi connectivity index (χ1v) is 8.19. The highest BCUT2D eigenvalue weighted by Crippen LogP contribution is 2.51. The summed E-state index contributed by atoms with van der Waals surface area (Å²) in [5, 5.41) is 0. The van der Waals surface area contributed by atoms with Crippen molar-refractivity contribution in [3.05, 3.63) is 16.8 Å². The van der Waals surface area contributed by atoms with Gasteiger partial charge in [-0.2, -0.15) is 0 Å². The number of rotatable bonds is 4. The van der Waals surface area contributed by atoms with E-state index in [0.717, 1.165) is 18.3 Å². The molecule has 1 heterocycles. The third-order valence-corrected chi connectivity index (χ3v) is 5.09. The van der Waals surface area contributed by atoms with E-state index in [9.17, 15) is 4.79 Å². The largest absolute Gasteiger partial charge is 0.499 e. The monoisotopic (exact) mass is 304 g/mol. The Balaban J connectivity index is 1.83. The topological polar surface area (TPSA) is 44.8 Å². The molecule has 2 aliphatic carbocycles. The molecule has 0 unspecified atom stereocenters. The van der Waals surface area contributed by atoms with Crippen molar-refractivity contribution < 1.29 is 18.8 Å². The molecule has 22 heavy (non-hydrogen) atoms. The van der Waals surface area contributed by atoms with Crippen LogP contribution in [0.3, 0.4) is 0 Å². The van der Waals surface area contributed by atoms with Crippen LogP contribution in [0.4, 0.5) is 0 Å². The number of ether oxygens (including phenoxy) is 1. The molecular weight excluding hydrogens is 279 g/mol. The van der Waals surface area contributed by atoms with Crippen LogP contribution < -0.4 is 0 Å². The minimum Gasteiger partial charge on any atom is -0.459 e. The summed E-state index contributed by atoms with van der Waals surface area (Å²) in [4.78, 5) is 12.2. The zero-order chi connectivity index (χ0) is 16.3. The molecule has 0 aromatic rings. The second kappa shape index (κ2) is 4.99. The molecule has 0 spiro atoms. The van der Waals surface area contributed by atoms with Gasteiger partial charge >= 0.3 is 13.1 Å². The molecule has 2 fully saturated rings. The standard InChI is InChI=1S/C17H25BO4/c1-10(2)20-15(19)12-9-13(14(12)11-7-8-11)18-21-16(3,4)17(5,6)22-18/h10-11,14H,7-8H2,1-6H3/t14-/m0/s1. The van der Waals surface area contributed by atoms with E-state index >= 15 is 0 Å². The maximum atomic E-state index is 12.2. The minimum absolute atomic E-state index is 0.0981. The van der Waals surface area contributed by atoms with E-state index in [0.29, 0.717) is 11.5 Å². The average Bonchev–Trinajstić information content (AvgIpc) is 3.05. The molecule has 0 amide bonds. The van der Waals surface area contributed by atoms with Crippen molar-refractivity contribution in [1.82, 2.24) is 0 Å². The number of esters is 1. The van der Waals surface area contributed by atoms with Crippen LogP contribution in [0.2, 0.25) is 0 Å². The van der Waals surface area contributed by atoms with Crippen LogP contribution >= 0.6 is 0 Å². The molecule has 4 nitrogen and oxygen atoms in total. The molecule has 0 N–H and O–H groups in total. The van der Waals surface area contributed by atoms with Gasteiger partial charge in [0.05, 0.1) is 22.9 Å². The molecule has 3 rings (SSSR count). The molecular formula is C17H25BO4. The Bertz CT molecular complexity index is 549. The Morgan fingerprint density at radius 3 is 2.23 bits per heavy atom. The van der Waals surface area contributed by atoms with Gasteiger partial charge in [-0.3, -0.25) is 0 Å². The van der Waals surface area contributed by atoms with Gasteiger partial charge in [-0.05, 0) is 60.3 Å². The number of carbonyl (C=O) groups is 1. The maximum absolute atomic E-state index is 12.2. The summed E-state index contributed by atoms with van der Waals surface area (Å²) >= 11 is 0. The van der Waals surface area contributed by atoms with E-state index < -0.39 is 7.12 Å². The fourth-order valence-corrected chi connectivity index (χ4v) is 2.94. The molecule has 1 saturated heterocycles. The predicted octanol–water partition coefficient (Wildman–Crippen LogP) is 3.06. The Morgan fingerprint density at radius 2 is 1.77 bits per heavy atom. The van der Waals surface area contributed by atoms with Crippen LogP contribution in [0, 0.1) is 11.8 Å². The summed E-state index contributed by atoms with van der Waals surface area (Å²) in [5.41, 5.74) is 4.10. The fourth-order valence-electron chi connectivity index (χ4n) is 2.94. The maximum Gasteiger partial charge on any atom is 0.499 e. The van der Waals surface area contributed by atoms with E-state index in [1.54, 1.807) is 0 Å². The van der Waals surface area contributed by atoms with Gasteiger partial charge in [-0.1, -0.05) is 0 Å². The SMILES string of the molecule is CC(C)OC(=O)C1=C=C(B2OC(C)(C)C(C)(C)O2)[C@H]1C1CC1. The van der Waals surface area contributed by atoms with Crippen LogP contribution in [0.5, 0.6) is 0 Å². The summed E-state index contributed by atoms with van der Waals surface area (Å²) in [5.74, 6) is 0.373. The third-order valence-electron chi connectivity index (χ3n) is 5.09. The van der Waals surface area contributed by atoms with Gasteiger partial charge in [0.1, 0.15) is 0 Å². The molecule has 0 radical (unpaired) electrons. The minimum atomic E-state index is -0.397. The first-order valence-electron chi connectivity index (χ1n) is 8.19. The van der Waals surface area contributed by atoms with Gasteiger partial charge in [0.25, 0.3) is 0 Å². The molecule has 0 aromatic carbocycles. The zero-order valence-corrected chi connectivity index (χ0v) is 14.4. The summed E-state index contributed by atoms with van der Waals surface area (Å²) in [6.45, 7) is 11.9. The van der Waals surface area contributed by atoms with Crippen molar-refractivity contribution in [1.29, 1.82) is 0 Å². The quantitative estimate of drug-likeness (QED) is 0.455. The smallest absolute Gasteiger partial charge is 0.459 e. The van der Waals surface area contributed by atoms with Crippen molar-refractivity contribution in [2.45, 2.75) is 71.7 Å². The number of carbonyl (C=O) groups excluding carboxylic acids is 1. The lowest BCUT2D eigenvalue weighted by molar-refractivity contribution is -0.143. The fraction of sp³-hybridized carbons (Fsp3) is 0.765. The average molecular weight is 304 g/mol. The summed E-state index contributed by atoms with van der Waals surface area (Å²) in [6, 6.07) is 0. The Kier molecular flexibility index (Phi) is 3.59. The van der Waals surface area contributed by atoms with E-state index in [1.807, 2.05) is 41.5 Å². The molecule has 1 saturated carbocycles. The van der Waals surface area contributed by atoms with Gasteiger partial charge in [0.15, 0.2) is 0 Å².